The molecule has 1 aliphatic heterocycles. The van der Waals surface area contributed by atoms with Crippen LogP contribution in [-0.4, -0.2) is 57.8 Å². The van der Waals surface area contributed by atoms with Crippen LogP contribution in [0.4, 0.5) is 5.69 Å². The van der Waals surface area contributed by atoms with Crippen molar-refractivity contribution in [3.8, 4) is 11.5 Å². The van der Waals surface area contributed by atoms with E-state index < -0.39 is 0 Å². The number of likely N-dealkylation sites (N-methyl/N-ethyl adjacent to an activating group) is 1. The van der Waals surface area contributed by atoms with E-state index in [1.54, 1.807) is 37.4 Å². The monoisotopic (exact) mass is 437 g/mol. The Hall–Kier alpha value is -3.62. The maximum absolute atomic E-state index is 13.2. The highest BCUT2D eigenvalue weighted by Gasteiger charge is 2.22. The maximum atomic E-state index is 13.2. The third-order valence-corrected chi connectivity index (χ3v) is 5.31. The number of aromatic nitrogens is 3. The standard InChI is InChI=1S/C23H27N5O4/c1-5-27(13-21(29)26-17-6-7-19-20(11-17)32-9-8-31-19)23(30)18-10-16-12-24-28(14(2)3)22(16)25-15(18)4/h6-7,10-12,14H,5,8-9,13H2,1-4H3,(H,26,29). The number of ether oxygens (including phenoxy) is 2. The van der Waals surface area contributed by atoms with Gasteiger partial charge in [-0.25, -0.2) is 9.67 Å². The Balaban J connectivity index is 1.49. The highest BCUT2D eigenvalue weighted by atomic mass is 16.6. The number of nitrogens with zero attached hydrogens (tertiary/aromatic N) is 4. The number of carbonyl (C=O) groups excluding carboxylic acids is 2. The molecule has 0 radical (unpaired) electrons. The molecular formula is C23H27N5O4. The fourth-order valence-electron chi connectivity index (χ4n) is 3.65. The smallest absolute Gasteiger partial charge is 0.256 e. The number of hydrogen-bond acceptors (Lipinski definition) is 6. The Labute approximate surface area is 186 Å². The molecule has 2 amide bonds. The molecule has 0 fully saturated rings. The van der Waals surface area contributed by atoms with Crippen LogP contribution in [0.5, 0.6) is 11.5 Å². The SMILES string of the molecule is CCN(CC(=O)Nc1ccc2c(c1)OCCO2)C(=O)c1cc2cnn(C(C)C)c2nc1C. The third-order valence-electron chi connectivity index (χ3n) is 5.31. The predicted octanol–water partition coefficient (Wildman–Crippen LogP) is 3.19. The molecule has 3 heterocycles. The summed E-state index contributed by atoms with van der Waals surface area (Å²) in [5, 5.41) is 7.99. The van der Waals surface area contributed by atoms with Crippen molar-refractivity contribution in [2.24, 2.45) is 0 Å². The van der Waals surface area contributed by atoms with E-state index in [2.05, 4.69) is 15.4 Å². The first-order valence-corrected chi connectivity index (χ1v) is 10.7. The quantitative estimate of drug-likeness (QED) is 0.636. The highest BCUT2D eigenvalue weighted by molar-refractivity contribution is 6.01. The summed E-state index contributed by atoms with van der Waals surface area (Å²) in [6.45, 7) is 8.98. The molecule has 9 heteroatoms. The minimum Gasteiger partial charge on any atom is -0.486 e. The maximum Gasteiger partial charge on any atom is 0.256 e. The molecule has 0 aliphatic carbocycles. The van der Waals surface area contributed by atoms with Gasteiger partial charge in [0.05, 0.1) is 17.5 Å². The average molecular weight is 438 g/mol. The molecule has 1 aliphatic rings. The van der Waals surface area contributed by atoms with Crippen LogP contribution in [0.25, 0.3) is 11.0 Å². The van der Waals surface area contributed by atoms with Crippen LogP contribution in [-0.2, 0) is 4.79 Å². The van der Waals surface area contributed by atoms with Gasteiger partial charge in [-0.15, -0.1) is 0 Å². The first-order chi connectivity index (χ1) is 15.4. The molecule has 9 nitrogen and oxygen atoms in total. The molecule has 0 atom stereocenters. The number of rotatable bonds is 6. The van der Waals surface area contributed by atoms with E-state index in [1.807, 2.05) is 25.5 Å². The van der Waals surface area contributed by atoms with Gasteiger partial charge in [-0.1, -0.05) is 0 Å². The van der Waals surface area contributed by atoms with Gasteiger partial charge in [-0.3, -0.25) is 9.59 Å². The first kappa shape index (κ1) is 21.6. The van der Waals surface area contributed by atoms with Gasteiger partial charge in [0.1, 0.15) is 19.8 Å². The minimum absolute atomic E-state index is 0.0769. The second-order valence-corrected chi connectivity index (χ2v) is 7.94. The Bertz CT molecular complexity index is 1170. The Kier molecular flexibility index (Phi) is 5.98. The largest absolute Gasteiger partial charge is 0.486 e. The van der Waals surface area contributed by atoms with Gasteiger partial charge in [0.2, 0.25) is 5.91 Å². The summed E-state index contributed by atoms with van der Waals surface area (Å²) >= 11 is 0. The topological polar surface area (TPSA) is 98.6 Å². The second-order valence-electron chi connectivity index (χ2n) is 7.94. The molecule has 4 rings (SSSR count). The molecule has 32 heavy (non-hydrogen) atoms. The van der Waals surface area contributed by atoms with Crippen molar-refractivity contribution >= 4 is 28.5 Å². The molecule has 0 saturated carbocycles. The van der Waals surface area contributed by atoms with Gasteiger partial charge in [0.15, 0.2) is 17.1 Å². The zero-order chi connectivity index (χ0) is 22.8. The number of nitrogens with one attached hydrogen (secondary N) is 1. The number of fused-ring (bicyclic) bond motifs is 2. The van der Waals surface area contributed by atoms with Gasteiger partial charge < -0.3 is 19.7 Å². The van der Waals surface area contributed by atoms with E-state index in [0.717, 1.165) is 11.0 Å². The number of hydrogen-bond donors (Lipinski definition) is 1. The van der Waals surface area contributed by atoms with E-state index in [4.69, 9.17) is 9.47 Å². The molecule has 1 N–H and O–H groups in total. The molecule has 0 bridgehead atoms. The van der Waals surface area contributed by atoms with Crippen LogP contribution in [0.1, 0.15) is 42.9 Å². The highest BCUT2D eigenvalue weighted by Crippen LogP contribution is 2.32. The lowest BCUT2D eigenvalue weighted by Crippen LogP contribution is -2.38. The van der Waals surface area contributed by atoms with Gasteiger partial charge in [0, 0.05) is 29.7 Å². The Morgan fingerprint density at radius 3 is 2.66 bits per heavy atom. The summed E-state index contributed by atoms with van der Waals surface area (Å²) in [5.74, 6) is 0.707. The van der Waals surface area contributed by atoms with Gasteiger partial charge >= 0.3 is 0 Å². The molecular weight excluding hydrogens is 410 g/mol. The molecule has 3 aromatic rings. The Morgan fingerprint density at radius 1 is 1.19 bits per heavy atom. The number of aryl methyl sites for hydroxylation is 1. The number of anilines is 1. The Morgan fingerprint density at radius 2 is 1.94 bits per heavy atom. The molecule has 0 saturated heterocycles. The van der Waals surface area contributed by atoms with Crippen molar-refractivity contribution in [1.82, 2.24) is 19.7 Å². The van der Waals surface area contributed by atoms with E-state index in [-0.39, 0.29) is 24.4 Å². The van der Waals surface area contributed by atoms with E-state index in [1.165, 1.54) is 4.90 Å². The summed E-state index contributed by atoms with van der Waals surface area (Å²) in [5.41, 5.74) is 2.40. The van der Waals surface area contributed by atoms with Crippen molar-refractivity contribution in [2.75, 3.05) is 31.6 Å². The average Bonchev–Trinajstić information content (AvgIpc) is 3.19. The summed E-state index contributed by atoms with van der Waals surface area (Å²) < 4.78 is 12.9. The first-order valence-electron chi connectivity index (χ1n) is 10.7. The van der Waals surface area contributed by atoms with Crippen molar-refractivity contribution in [3.63, 3.8) is 0 Å². The van der Waals surface area contributed by atoms with Crippen molar-refractivity contribution in [2.45, 2.75) is 33.7 Å². The van der Waals surface area contributed by atoms with E-state index in [0.29, 0.717) is 48.2 Å². The second kappa shape index (κ2) is 8.86. The van der Waals surface area contributed by atoms with E-state index >= 15 is 0 Å². The number of benzene rings is 1. The van der Waals surface area contributed by atoms with Gasteiger partial charge in [-0.05, 0) is 45.9 Å². The zero-order valence-corrected chi connectivity index (χ0v) is 18.7. The summed E-state index contributed by atoms with van der Waals surface area (Å²) in [6, 6.07) is 7.19. The van der Waals surface area contributed by atoms with Crippen LogP contribution in [0.15, 0.2) is 30.5 Å². The zero-order valence-electron chi connectivity index (χ0n) is 18.7. The molecule has 2 aromatic heterocycles. The molecule has 0 spiro atoms. The summed E-state index contributed by atoms with van der Waals surface area (Å²) in [4.78, 5) is 32.0. The lowest BCUT2D eigenvalue weighted by atomic mass is 10.1. The van der Waals surface area contributed by atoms with Gasteiger partial charge in [-0.2, -0.15) is 5.10 Å². The predicted molar refractivity (Wildman–Crippen MR) is 120 cm³/mol. The molecule has 0 unspecified atom stereocenters. The third kappa shape index (κ3) is 4.23. The number of amides is 2. The minimum atomic E-state index is -0.295. The number of carbonyl (C=O) groups is 2. The van der Waals surface area contributed by atoms with Gasteiger partial charge in [0.25, 0.3) is 5.91 Å². The summed E-state index contributed by atoms with van der Waals surface area (Å²) in [7, 11) is 0. The van der Waals surface area contributed by atoms with Crippen molar-refractivity contribution in [1.29, 1.82) is 0 Å². The fourth-order valence-corrected chi connectivity index (χ4v) is 3.65. The van der Waals surface area contributed by atoms with Crippen LogP contribution in [0.3, 0.4) is 0 Å². The normalized spacial score (nSPS) is 12.8. The number of pyridine rings is 1. The van der Waals surface area contributed by atoms with Crippen LogP contribution in [0, 0.1) is 6.92 Å². The lowest BCUT2D eigenvalue weighted by molar-refractivity contribution is -0.116. The lowest BCUT2D eigenvalue weighted by Gasteiger charge is -2.22. The van der Waals surface area contributed by atoms with Crippen molar-refractivity contribution < 1.29 is 19.1 Å². The van der Waals surface area contributed by atoms with Crippen LogP contribution < -0.4 is 14.8 Å². The summed E-state index contributed by atoms with van der Waals surface area (Å²) in [6.07, 6.45) is 1.71. The van der Waals surface area contributed by atoms with E-state index in [9.17, 15) is 9.59 Å². The van der Waals surface area contributed by atoms with Crippen LogP contribution in [0.2, 0.25) is 0 Å². The molecule has 168 valence electrons. The van der Waals surface area contributed by atoms with Crippen LogP contribution >= 0.6 is 0 Å². The molecule has 1 aromatic carbocycles. The fraction of sp³-hybridized carbons (Fsp3) is 0.391. The van der Waals surface area contributed by atoms with Crippen molar-refractivity contribution in [3.05, 3.63) is 41.7 Å².